The van der Waals surface area contributed by atoms with E-state index in [9.17, 15) is 24.6 Å². The fraction of sp³-hybridized carbons (Fsp3) is 0.429. The summed E-state index contributed by atoms with van der Waals surface area (Å²) in [5.41, 5.74) is 0.535. The van der Waals surface area contributed by atoms with Crippen LogP contribution in [0.3, 0.4) is 0 Å². The second kappa shape index (κ2) is 16.0. The highest BCUT2D eigenvalue weighted by atomic mass is 16.7. The van der Waals surface area contributed by atoms with Crippen molar-refractivity contribution >= 4 is 18.1 Å². The Labute approximate surface area is 222 Å². The average molecular weight is 530 g/mol. The topological polar surface area (TPSA) is 152 Å². The molecule has 0 heterocycles. The van der Waals surface area contributed by atoms with E-state index in [4.69, 9.17) is 24.2 Å². The first-order chi connectivity index (χ1) is 17.9. The van der Waals surface area contributed by atoms with Crippen LogP contribution in [0, 0.1) is 11.3 Å². The predicted molar refractivity (Wildman–Crippen MR) is 138 cm³/mol. The molecule has 0 radical (unpaired) electrons. The molecule has 0 aromatic heterocycles. The smallest absolute Gasteiger partial charge is 0.459 e. The van der Waals surface area contributed by atoms with Crippen LogP contribution in [-0.4, -0.2) is 59.3 Å². The van der Waals surface area contributed by atoms with E-state index in [0.29, 0.717) is 29.5 Å². The van der Waals surface area contributed by atoms with Gasteiger partial charge in [0.1, 0.15) is 24.6 Å². The third kappa shape index (κ3) is 12.9. The SMILES string of the molecule is CCC(O)COC(=O)c1ccc(C#N)cc1.CCC(O)COC(=O)c1ccc(OC(=O)OC(C)(C)C)cc1. The number of nitrogens with zero attached hydrogens (tertiary/aromatic N) is 1. The van der Waals surface area contributed by atoms with Crippen molar-refractivity contribution in [3.8, 4) is 11.8 Å². The predicted octanol–water partition coefficient (Wildman–Crippen LogP) is 4.41. The first kappa shape index (κ1) is 32.1. The van der Waals surface area contributed by atoms with Crippen molar-refractivity contribution in [1.29, 1.82) is 5.26 Å². The van der Waals surface area contributed by atoms with Gasteiger partial charge in [0.2, 0.25) is 0 Å². The number of carbonyl (C=O) groups excluding carboxylic acids is 3. The summed E-state index contributed by atoms with van der Waals surface area (Å²) >= 11 is 0. The number of benzene rings is 2. The summed E-state index contributed by atoms with van der Waals surface area (Å²) in [6, 6.07) is 14.0. The van der Waals surface area contributed by atoms with Crippen LogP contribution in [0.4, 0.5) is 4.79 Å². The lowest BCUT2D eigenvalue weighted by Crippen LogP contribution is -2.26. The minimum Gasteiger partial charge on any atom is -0.459 e. The number of esters is 2. The van der Waals surface area contributed by atoms with E-state index < -0.39 is 35.9 Å². The molecule has 38 heavy (non-hydrogen) atoms. The van der Waals surface area contributed by atoms with Gasteiger partial charge in [-0.05, 0) is 82.1 Å². The van der Waals surface area contributed by atoms with Crippen molar-refractivity contribution in [2.24, 2.45) is 0 Å². The fourth-order valence-corrected chi connectivity index (χ4v) is 2.45. The monoisotopic (exact) mass is 529 g/mol. The van der Waals surface area contributed by atoms with Crippen LogP contribution in [0.15, 0.2) is 48.5 Å². The lowest BCUT2D eigenvalue weighted by atomic mass is 10.1. The maximum atomic E-state index is 11.7. The molecular weight excluding hydrogens is 494 g/mol. The van der Waals surface area contributed by atoms with Crippen LogP contribution in [-0.2, 0) is 14.2 Å². The Kier molecular flexibility index (Phi) is 13.5. The molecule has 0 fully saturated rings. The average Bonchev–Trinajstić information content (AvgIpc) is 2.89. The zero-order valence-corrected chi connectivity index (χ0v) is 22.3. The fourth-order valence-electron chi connectivity index (χ4n) is 2.45. The maximum Gasteiger partial charge on any atom is 0.514 e. The highest BCUT2D eigenvalue weighted by Gasteiger charge is 2.18. The number of ether oxygens (including phenoxy) is 4. The highest BCUT2D eigenvalue weighted by Crippen LogP contribution is 2.16. The summed E-state index contributed by atoms with van der Waals surface area (Å²) in [6.45, 7) is 8.75. The lowest BCUT2D eigenvalue weighted by Gasteiger charge is -2.18. The van der Waals surface area contributed by atoms with Crippen LogP contribution < -0.4 is 4.74 Å². The van der Waals surface area contributed by atoms with Gasteiger partial charge in [-0.15, -0.1) is 0 Å². The molecule has 2 rings (SSSR count). The van der Waals surface area contributed by atoms with Gasteiger partial charge < -0.3 is 29.2 Å². The molecule has 10 nitrogen and oxygen atoms in total. The molecule has 0 aliphatic carbocycles. The van der Waals surface area contributed by atoms with E-state index in [1.165, 1.54) is 36.4 Å². The molecule has 10 heteroatoms. The molecule has 0 amide bonds. The van der Waals surface area contributed by atoms with Crippen molar-refractivity contribution in [1.82, 2.24) is 0 Å². The lowest BCUT2D eigenvalue weighted by molar-refractivity contribution is 0.0205. The number of hydrogen-bond donors (Lipinski definition) is 2. The summed E-state index contributed by atoms with van der Waals surface area (Å²) in [7, 11) is 0. The molecule has 2 aromatic rings. The van der Waals surface area contributed by atoms with Gasteiger partial charge in [-0.3, -0.25) is 0 Å². The number of aliphatic hydroxyl groups excluding tert-OH is 2. The zero-order valence-electron chi connectivity index (χ0n) is 22.3. The van der Waals surface area contributed by atoms with Crippen molar-refractivity contribution in [2.75, 3.05) is 13.2 Å². The minimum absolute atomic E-state index is 0.00463. The minimum atomic E-state index is -0.811. The summed E-state index contributed by atoms with van der Waals surface area (Å²) in [5, 5.41) is 27.1. The van der Waals surface area contributed by atoms with Gasteiger partial charge in [0.15, 0.2) is 0 Å². The van der Waals surface area contributed by atoms with Crippen molar-refractivity contribution < 1.29 is 43.5 Å². The molecule has 2 atom stereocenters. The Hall–Kier alpha value is -3.94. The molecular formula is C28H35NO9. The Morgan fingerprint density at radius 2 is 1.24 bits per heavy atom. The third-order valence-electron chi connectivity index (χ3n) is 4.69. The second-order valence-electron chi connectivity index (χ2n) is 9.10. The largest absolute Gasteiger partial charge is 0.514 e. The number of aliphatic hydroxyl groups is 2. The standard InChI is InChI=1S/C16H22O6.C12H13NO3/c1-5-12(17)10-20-14(18)11-6-8-13(9-7-11)21-15(19)22-16(2,3)4;1-2-11(14)8-16-12(15)10-5-3-9(7-13)4-6-10/h6-9,12,17H,5,10H2,1-4H3;3-6,11,14H,2,8H2,1H3. The number of rotatable bonds is 9. The first-order valence-corrected chi connectivity index (χ1v) is 12.1. The van der Waals surface area contributed by atoms with Crippen molar-refractivity contribution in [2.45, 2.75) is 65.3 Å². The summed E-state index contributed by atoms with van der Waals surface area (Å²) in [6.07, 6.45) is -1.05. The maximum absolute atomic E-state index is 11.7. The van der Waals surface area contributed by atoms with E-state index in [1.807, 2.05) is 6.07 Å². The molecule has 0 aliphatic heterocycles. The molecule has 0 bridgehead atoms. The molecule has 2 N–H and O–H groups in total. The highest BCUT2D eigenvalue weighted by molar-refractivity contribution is 5.90. The molecule has 0 saturated heterocycles. The number of hydrogen-bond acceptors (Lipinski definition) is 10. The van der Waals surface area contributed by atoms with Crippen LogP contribution in [0.5, 0.6) is 5.75 Å². The van der Waals surface area contributed by atoms with E-state index in [2.05, 4.69) is 0 Å². The first-order valence-electron chi connectivity index (χ1n) is 12.1. The third-order valence-corrected chi connectivity index (χ3v) is 4.69. The second-order valence-corrected chi connectivity index (χ2v) is 9.10. The van der Waals surface area contributed by atoms with E-state index >= 15 is 0 Å². The summed E-state index contributed by atoms with van der Waals surface area (Å²) in [4.78, 5) is 34.7. The van der Waals surface area contributed by atoms with E-state index in [-0.39, 0.29) is 19.0 Å². The van der Waals surface area contributed by atoms with Crippen molar-refractivity contribution in [3.05, 3.63) is 65.2 Å². The quantitative estimate of drug-likeness (QED) is 0.271. The van der Waals surface area contributed by atoms with Gasteiger partial charge in [-0.1, -0.05) is 13.8 Å². The summed E-state index contributed by atoms with van der Waals surface area (Å²) in [5.74, 6) is -0.771. The van der Waals surface area contributed by atoms with Gasteiger partial charge >= 0.3 is 18.1 Å². The molecule has 0 saturated carbocycles. The Morgan fingerprint density at radius 1 is 0.816 bits per heavy atom. The molecule has 0 aliphatic rings. The Morgan fingerprint density at radius 3 is 1.61 bits per heavy atom. The van der Waals surface area contributed by atoms with Crippen LogP contribution in [0.25, 0.3) is 0 Å². The molecule has 2 unspecified atom stereocenters. The number of nitriles is 1. The van der Waals surface area contributed by atoms with Gasteiger partial charge in [0.05, 0.1) is 35.0 Å². The van der Waals surface area contributed by atoms with E-state index in [1.54, 1.807) is 46.8 Å². The van der Waals surface area contributed by atoms with Crippen LogP contribution in [0.2, 0.25) is 0 Å². The molecule has 206 valence electrons. The number of carbonyl (C=O) groups is 3. The van der Waals surface area contributed by atoms with E-state index in [0.717, 1.165) is 0 Å². The molecule has 0 spiro atoms. The summed E-state index contributed by atoms with van der Waals surface area (Å²) < 4.78 is 19.8. The van der Waals surface area contributed by atoms with Gasteiger partial charge in [0, 0.05) is 0 Å². The van der Waals surface area contributed by atoms with Crippen molar-refractivity contribution in [3.63, 3.8) is 0 Å². The van der Waals surface area contributed by atoms with Crippen LogP contribution >= 0.6 is 0 Å². The molecule has 2 aromatic carbocycles. The van der Waals surface area contributed by atoms with Crippen LogP contribution in [0.1, 0.15) is 73.7 Å². The normalized spacial score (nSPS) is 12.1. The Bertz CT molecular complexity index is 1070. The Balaban J connectivity index is 0.000000399. The van der Waals surface area contributed by atoms with Gasteiger partial charge in [-0.25, -0.2) is 14.4 Å². The van der Waals surface area contributed by atoms with Gasteiger partial charge in [0.25, 0.3) is 0 Å². The zero-order chi connectivity index (χ0) is 28.7. The van der Waals surface area contributed by atoms with Gasteiger partial charge in [-0.2, -0.15) is 5.26 Å².